The molecule has 0 spiro atoms. The van der Waals surface area contributed by atoms with Gasteiger partial charge in [-0.15, -0.1) is 0 Å². The van der Waals surface area contributed by atoms with Crippen molar-refractivity contribution in [1.82, 2.24) is 20.5 Å². The molecule has 2 aromatic rings. The van der Waals surface area contributed by atoms with E-state index in [0.717, 1.165) is 5.69 Å². The molecule has 10 heavy (non-hydrogen) atoms. The zero-order valence-electron chi connectivity index (χ0n) is 4.98. The van der Waals surface area contributed by atoms with Crippen LogP contribution in [0.25, 0.3) is 11.4 Å². The maximum Gasteiger partial charge on any atom is 0.152 e. The lowest BCUT2D eigenvalue weighted by molar-refractivity contribution is 0.308. The van der Waals surface area contributed by atoms with Gasteiger partial charge in [-0.25, -0.2) is 4.63 Å². The fraction of sp³-hybridized carbons (Fsp3) is 0. The minimum absolute atomic E-state index is 0.664. The molecular weight excluding hydrogens is 132 g/mol. The summed E-state index contributed by atoms with van der Waals surface area (Å²) in [6.07, 6.45) is 3.16. The molecule has 0 bridgehead atoms. The topological polar surface area (TPSA) is 67.6 Å². The molecule has 0 aliphatic heterocycles. The number of aromatic nitrogens is 4. The molecule has 5 heteroatoms. The van der Waals surface area contributed by atoms with Gasteiger partial charge in [0.1, 0.15) is 6.20 Å². The monoisotopic (exact) mass is 136 g/mol. The van der Waals surface area contributed by atoms with Crippen molar-refractivity contribution in [1.29, 1.82) is 0 Å². The van der Waals surface area contributed by atoms with E-state index >= 15 is 0 Å². The smallest absolute Gasteiger partial charge is 0.152 e. The number of hydrogen-bond donors (Lipinski definition) is 1. The Morgan fingerprint density at radius 1 is 1.50 bits per heavy atom. The molecule has 2 aromatic heterocycles. The van der Waals surface area contributed by atoms with Gasteiger partial charge in [0.15, 0.2) is 5.69 Å². The third-order valence-corrected chi connectivity index (χ3v) is 1.14. The summed E-state index contributed by atoms with van der Waals surface area (Å²) in [5, 5.41) is 13.5. The van der Waals surface area contributed by atoms with Crippen LogP contribution < -0.4 is 0 Å². The minimum Gasteiger partial charge on any atom is -0.276 e. The first kappa shape index (κ1) is 5.16. The van der Waals surface area contributed by atoms with E-state index in [1.54, 1.807) is 12.3 Å². The first-order valence-corrected chi connectivity index (χ1v) is 2.74. The Morgan fingerprint density at radius 2 is 2.50 bits per heavy atom. The molecule has 0 unspecified atom stereocenters. The SMILES string of the molecule is c1cc(-c2cnon2)[nH]n1. The van der Waals surface area contributed by atoms with Crippen LogP contribution in [-0.4, -0.2) is 20.5 Å². The summed E-state index contributed by atoms with van der Waals surface area (Å²) in [6.45, 7) is 0. The Kier molecular flexibility index (Phi) is 1.00. The van der Waals surface area contributed by atoms with Gasteiger partial charge in [0.05, 0.1) is 5.69 Å². The molecule has 0 saturated heterocycles. The van der Waals surface area contributed by atoms with Crippen molar-refractivity contribution in [2.24, 2.45) is 0 Å². The molecule has 2 heterocycles. The van der Waals surface area contributed by atoms with E-state index in [1.165, 1.54) is 6.20 Å². The number of rotatable bonds is 1. The molecule has 5 nitrogen and oxygen atoms in total. The van der Waals surface area contributed by atoms with Crippen molar-refractivity contribution in [3.05, 3.63) is 18.5 Å². The fourth-order valence-corrected chi connectivity index (χ4v) is 0.682. The predicted molar refractivity (Wildman–Crippen MR) is 31.9 cm³/mol. The fourth-order valence-electron chi connectivity index (χ4n) is 0.682. The molecule has 0 aliphatic rings. The second-order valence-corrected chi connectivity index (χ2v) is 1.76. The first-order chi connectivity index (χ1) is 4.97. The van der Waals surface area contributed by atoms with Crippen LogP contribution in [0.5, 0.6) is 0 Å². The van der Waals surface area contributed by atoms with Gasteiger partial charge in [0, 0.05) is 6.20 Å². The summed E-state index contributed by atoms with van der Waals surface area (Å²) in [4.78, 5) is 0. The summed E-state index contributed by atoms with van der Waals surface area (Å²) in [7, 11) is 0. The number of nitrogens with zero attached hydrogens (tertiary/aromatic N) is 3. The van der Waals surface area contributed by atoms with E-state index in [2.05, 4.69) is 25.1 Å². The van der Waals surface area contributed by atoms with E-state index in [4.69, 9.17) is 0 Å². The molecule has 0 aliphatic carbocycles. The Bertz CT molecular complexity index is 253. The molecule has 0 amide bonds. The maximum absolute atomic E-state index is 4.39. The molecule has 50 valence electrons. The highest BCUT2D eigenvalue weighted by Gasteiger charge is 2.00. The molecule has 1 N–H and O–H groups in total. The van der Waals surface area contributed by atoms with Crippen molar-refractivity contribution < 1.29 is 4.63 Å². The van der Waals surface area contributed by atoms with Gasteiger partial charge < -0.3 is 0 Å². The highest BCUT2D eigenvalue weighted by atomic mass is 16.6. The normalized spacial score (nSPS) is 10.0. The average Bonchev–Trinajstić information content (AvgIpc) is 2.59. The van der Waals surface area contributed by atoms with Crippen molar-refractivity contribution in [3.63, 3.8) is 0 Å². The van der Waals surface area contributed by atoms with Crippen LogP contribution >= 0.6 is 0 Å². The highest BCUT2D eigenvalue weighted by Crippen LogP contribution is 2.09. The number of aromatic amines is 1. The van der Waals surface area contributed by atoms with Crippen LogP contribution in [0.15, 0.2) is 23.1 Å². The van der Waals surface area contributed by atoms with Crippen LogP contribution in [0, 0.1) is 0 Å². The van der Waals surface area contributed by atoms with Crippen molar-refractivity contribution in [3.8, 4) is 11.4 Å². The minimum atomic E-state index is 0.664. The van der Waals surface area contributed by atoms with Crippen molar-refractivity contribution in [2.75, 3.05) is 0 Å². The quantitative estimate of drug-likeness (QED) is 0.618. The number of nitrogens with one attached hydrogen (secondary N) is 1. The lowest BCUT2D eigenvalue weighted by atomic mass is 10.3. The zero-order chi connectivity index (χ0) is 6.81. The van der Waals surface area contributed by atoms with Crippen molar-refractivity contribution in [2.45, 2.75) is 0 Å². The number of H-pyrrole nitrogens is 1. The lowest BCUT2D eigenvalue weighted by Gasteiger charge is -1.80. The zero-order valence-corrected chi connectivity index (χ0v) is 4.98. The molecule has 0 saturated carbocycles. The first-order valence-electron chi connectivity index (χ1n) is 2.74. The molecule has 0 radical (unpaired) electrons. The van der Waals surface area contributed by atoms with Crippen LogP contribution in [-0.2, 0) is 0 Å². The summed E-state index contributed by atoms with van der Waals surface area (Å²) in [5.74, 6) is 0. The lowest BCUT2D eigenvalue weighted by Crippen LogP contribution is -1.75. The van der Waals surface area contributed by atoms with Gasteiger partial charge in [-0.3, -0.25) is 5.10 Å². The van der Waals surface area contributed by atoms with Gasteiger partial charge >= 0.3 is 0 Å². The van der Waals surface area contributed by atoms with Gasteiger partial charge in [-0.2, -0.15) is 5.10 Å². The summed E-state index contributed by atoms with van der Waals surface area (Å²) in [6, 6.07) is 1.79. The molecule has 0 fully saturated rings. The third kappa shape index (κ3) is 0.680. The van der Waals surface area contributed by atoms with Gasteiger partial charge in [-0.05, 0) is 11.2 Å². The largest absolute Gasteiger partial charge is 0.276 e. The predicted octanol–water partition coefficient (Wildman–Crippen LogP) is 0.460. The van der Waals surface area contributed by atoms with E-state index in [1.807, 2.05) is 0 Å². The van der Waals surface area contributed by atoms with E-state index in [-0.39, 0.29) is 0 Å². The third-order valence-electron chi connectivity index (χ3n) is 1.14. The summed E-state index contributed by atoms with van der Waals surface area (Å²) >= 11 is 0. The van der Waals surface area contributed by atoms with E-state index in [9.17, 15) is 0 Å². The van der Waals surface area contributed by atoms with Crippen LogP contribution in [0.1, 0.15) is 0 Å². The Balaban J connectivity index is 2.48. The molecular formula is C5H4N4O. The number of hydrogen-bond acceptors (Lipinski definition) is 4. The Hall–Kier alpha value is -1.65. The summed E-state index contributed by atoms with van der Waals surface area (Å²) < 4.78 is 4.39. The molecule has 2 rings (SSSR count). The second-order valence-electron chi connectivity index (χ2n) is 1.76. The highest BCUT2D eigenvalue weighted by molar-refractivity contribution is 5.50. The van der Waals surface area contributed by atoms with Gasteiger partial charge in [-0.1, -0.05) is 5.16 Å². The van der Waals surface area contributed by atoms with Crippen LogP contribution in [0.3, 0.4) is 0 Å². The standard InChI is InChI=1S/C5H4N4O/c1-2-6-8-4(1)5-3-7-10-9-5/h1-3H,(H,6,8). The van der Waals surface area contributed by atoms with Gasteiger partial charge in [0.2, 0.25) is 0 Å². The Labute approximate surface area is 56.0 Å². The molecule has 0 atom stereocenters. The van der Waals surface area contributed by atoms with E-state index in [0.29, 0.717) is 5.69 Å². The van der Waals surface area contributed by atoms with Crippen LogP contribution in [0.2, 0.25) is 0 Å². The van der Waals surface area contributed by atoms with Gasteiger partial charge in [0.25, 0.3) is 0 Å². The second kappa shape index (κ2) is 1.94. The van der Waals surface area contributed by atoms with Crippen molar-refractivity contribution >= 4 is 0 Å². The average molecular weight is 136 g/mol. The molecule has 0 aromatic carbocycles. The van der Waals surface area contributed by atoms with E-state index < -0.39 is 0 Å². The maximum atomic E-state index is 4.39. The Morgan fingerprint density at radius 3 is 3.10 bits per heavy atom. The van der Waals surface area contributed by atoms with Crippen LogP contribution in [0.4, 0.5) is 0 Å². The summed E-state index contributed by atoms with van der Waals surface area (Å²) in [5.41, 5.74) is 1.47.